The number of carbonyl (C=O) groups is 2. The van der Waals surface area contributed by atoms with Crippen molar-refractivity contribution in [2.24, 2.45) is 0 Å². The molecule has 25 heavy (non-hydrogen) atoms. The number of rotatable bonds is 11. The molecule has 0 aliphatic carbocycles. The summed E-state index contributed by atoms with van der Waals surface area (Å²) in [6.45, 7) is 9.67. The first-order valence-electron chi connectivity index (χ1n) is 9.30. The van der Waals surface area contributed by atoms with Crippen LogP contribution in [0.1, 0.15) is 59.8 Å². The van der Waals surface area contributed by atoms with Crippen molar-refractivity contribution in [2.45, 2.75) is 65.9 Å². The molecule has 0 heterocycles. The van der Waals surface area contributed by atoms with Crippen LogP contribution in [-0.2, 0) is 9.59 Å². The van der Waals surface area contributed by atoms with Crippen LogP contribution in [0.5, 0.6) is 5.75 Å². The van der Waals surface area contributed by atoms with E-state index in [2.05, 4.69) is 19.2 Å². The molecule has 0 spiro atoms. The molecule has 0 aliphatic rings. The molecule has 5 nitrogen and oxygen atoms in total. The van der Waals surface area contributed by atoms with Crippen LogP contribution >= 0.6 is 0 Å². The summed E-state index contributed by atoms with van der Waals surface area (Å²) in [5.41, 5.74) is 0.742. The lowest BCUT2D eigenvalue weighted by Gasteiger charge is -2.21. The summed E-state index contributed by atoms with van der Waals surface area (Å²) in [6.07, 6.45) is 3.39. The number of amides is 2. The molecule has 0 atom stereocenters. The third kappa shape index (κ3) is 8.57. The number of nitrogens with one attached hydrogen (secondary N) is 1. The van der Waals surface area contributed by atoms with E-state index in [0.717, 1.165) is 37.4 Å². The number of nitrogens with zero attached hydrogens (tertiary/aromatic N) is 1. The molecule has 1 aromatic rings. The maximum atomic E-state index is 12.2. The monoisotopic (exact) mass is 348 g/mol. The molecule has 0 bridgehead atoms. The molecule has 0 saturated carbocycles. The van der Waals surface area contributed by atoms with E-state index >= 15 is 0 Å². The van der Waals surface area contributed by atoms with Gasteiger partial charge in [-0.25, -0.2) is 0 Å². The first kappa shape index (κ1) is 21.0. The van der Waals surface area contributed by atoms with E-state index in [1.54, 1.807) is 0 Å². The third-order valence-corrected chi connectivity index (χ3v) is 3.64. The molecule has 5 heteroatoms. The summed E-state index contributed by atoms with van der Waals surface area (Å²) in [6, 6.07) is 7.33. The maximum absolute atomic E-state index is 12.2. The number of anilines is 1. The summed E-state index contributed by atoms with van der Waals surface area (Å²) in [5, 5.41) is 2.86. The minimum atomic E-state index is -0.0668. The van der Waals surface area contributed by atoms with Crippen molar-refractivity contribution in [1.29, 1.82) is 0 Å². The Morgan fingerprint density at radius 3 is 2.16 bits per heavy atom. The van der Waals surface area contributed by atoms with E-state index in [-0.39, 0.29) is 17.9 Å². The summed E-state index contributed by atoms with van der Waals surface area (Å²) in [7, 11) is 0. The topological polar surface area (TPSA) is 58.6 Å². The van der Waals surface area contributed by atoms with Gasteiger partial charge in [0.1, 0.15) is 5.75 Å². The van der Waals surface area contributed by atoms with Crippen molar-refractivity contribution in [1.82, 2.24) is 4.90 Å². The van der Waals surface area contributed by atoms with Crippen molar-refractivity contribution in [3.05, 3.63) is 24.3 Å². The van der Waals surface area contributed by atoms with E-state index < -0.39 is 0 Å². The Labute approximate surface area is 151 Å². The fourth-order valence-corrected chi connectivity index (χ4v) is 2.57. The number of hydrogen-bond acceptors (Lipinski definition) is 3. The Hall–Kier alpha value is -2.04. The Morgan fingerprint density at radius 2 is 1.64 bits per heavy atom. The predicted octanol–water partition coefficient (Wildman–Crippen LogP) is 4.23. The van der Waals surface area contributed by atoms with Gasteiger partial charge in [0.05, 0.1) is 6.10 Å². The Bertz CT molecular complexity index is 520. The minimum Gasteiger partial charge on any atom is -0.491 e. The third-order valence-electron chi connectivity index (χ3n) is 3.64. The largest absolute Gasteiger partial charge is 0.491 e. The van der Waals surface area contributed by atoms with Gasteiger partial charge in [0, 0.05) is 31.6 Å². The first-order chi connectivity index (χ1) is 12.0. The maximum Gasteiger partial charge on any atom is 0.224 e. The van der Waals surface area contributed by atoms with E-state index in [0.29, 0.717) is 19.3 Å². The minimum absolute atomic E-state index is 0.0668. The zero-order chi connectivity index (χ0) is 18.7. The highest BCUT2D eigenvalue weighted by molar-refractivity contribution is 5.91. The standard InChI is InChI=1S/C20H32N2O3/c1-5-14-22(15-6-2)20(24)9-7-8-19(23)21-17-10-12-18(13-11-17)25-16(3)4/h10-13,16H,5-9,14-15H2,1-4H3,(H,21,23). The SMILES string of the molecule is CCCN(CCC)C(=O)CCCC(=O)Nc1ccc(OC(C)C)cc1. The lowest BCUT2D eigenvalue weighted by atomic mass is 10.2. The average Bonchev–Trinajstić information content (AvgIpc) is 2.56. The second-order valence-corrected chi connectivity index (χ2v) is 6.47. The van der Waals surface area contributed by atoms with Crippen LogP contribution in [-0.4, -0.2) is 35.9 Å². The van der Waals surface area contributed by atoms with Gasteiger partial charge in [0.15, 0.2) is 0 Å². The first-order valence-corrected chi connectivity index (χ1v) is 9.30. The zero-order valence-electron chi connectivity index (χ0n) is 16.0. The molecule has 0 aromatic heterocycles. The van der Waals surface area contributed by atoms with Crippen LogP contribution < -0.4 is 10.1 Å². The highest BCUT2D eigenvalue weighted by Crippen LogP contribution is 2.17. The molecular weight excluding hydrogens is 316 g/mol. The van der Waals surface area contributed by atoms with Gasteiger partial charge in [-0.05, 0) is 57.4 Å². The Balaban J connectivity index is 2.35. The van der Waals surface area contributed by atoms with Crippen LogP contribution in [0.2, 0.25) is 0 Å². The normalized spacial score (nSPS) is 10.6. The van der Waals surface area contributed by atoms with Crippen molar-refractivity contribution in [3.8, 4) is 5.75 Å². The molecule has 0 radical (unpaired) electrons. The Morgan fingerprint density at radius 1 is 1.04 bits per heavy atom. The molecule has 0 unspecified atom stereocenters. The van der Waals surface area contributed by atoms with Gasteiger partial charge in [-0.2, -0.15) is 0 Å². The number of benzene rings is 1. The van der Waals surface area contributed by atoms with Gasteiger partial charge in [-0.3, -0.25) is 9.59 Å². The van der Waals surface area contributed by atoms with Gasteiger partial charge in [-0.1, -0.05) is 13.8 Å². The fourth-order valence-electron chi connectivity index (χ4n) is 2.57. The average molecular weight is 348 g/mol. The summed E-state index contributed by atoms with van der Waals surface area (Å²) in [5.74, 6) is 0.861. The van der Waals surface area contributed by atoms with Crippen LogP contribution in [0.25, 0.3) is 0 Å². The highest BCUT2D eigenvalue weighted by atomic mass is 16.5. The van der Waals surface area contributed by atoms with Crippen molar-refractivity contribution in [2.75, 3.05) is 18.4 Å². The van der Waals surface area contributed by atoms with Crippen molar-refractivity contribution < 1.29 is 14.3 Å². The van der Waals surface area contributed by atoms with Crippen molar-refractivity contribution in [3.63, 3.8) is 0 Å². The lowest BCUT2D eigenvalue weighted by Crippen LogP contribution is -2.32. The quantitative estimate of drug-likeness (QED) is 0.651. The van der Waals surface area contributed by atoms with E-state index in [9.17, 15) is 9.59 Å². The van der Waals surface area contributed by atoms with E-state index in [4.69, 9.17) is 4.74 Å². The van der Waals surface area contributed by atoms with Crippen LogP contribution in [0.3, 0.4) is 0 Å². The molecule has 1 rings (SSSR count). The van der Waals surface area contributed by atoms with E-state index in [1.165, 1.54) is 0 Å². The second kappa shape index (κ2) is 11.5. The number of ether oxygens (including phenoxy) is 1. The van der Waals surface area contributed by atoms with Gasteiger partial charge in [0.2, 0.25) is 11.8 Å². The fraction of sp³-hybridized carbons (Fsp3) is 0.600. The summed E-state index contributed by atoms with van der Waals surface area (Å²) in [4.78, 5) is 26.1. The summed E-state index contributed by atoms with van der Waals surface area (Å²) < 4.78 is 5.57. The van der Waals surface area contributed by atoms with Crippen molar-refractivity contribution >= 4 is 17.5 Å². The molecule has 1 N–H and O–H groups in total. The second-order valence-electron chi connectivity index (χ2n) is 6.47. The van der Waals surface area contributed by atoms with Gasteiger partial charge >= 0.3 is 0 Å². The summed E-state index contributed by atoms with van der Waals surface area (Å²) >= 11 is 0. The number of carbonyl (C=O) groups excluding carboxylic acids is 2. The molecule has 0 saturated heterocycles. The van der Waals surface area contributed by atoms with Crippen LogP contribution in [0.15, 0.2) is 24.3 Å². The zero-order valence-corrected chi connectivity index (χ0v) is 16.0. The predicted molar refractivity (Wildman–Crippen MR) is 102 cm³/mol. The van der Waals surface area contributed by atoms with Gasteiger partial charge in [0.25, 0.3) is 0 Å². The lowest BCUT2D eigenvalue weighted by molar-refractivity contribution is -0.131. The smallest absolute Gasteiger partial charge is 0.224 e. The molecule has 0 aliphatic heterocycles. The molecule has 1 aromatic carbocycles. The molecule has 2 amide bonds. The van der Waals surface area contributed by atoms with Gasteiger partial charge in [-0.15, -0.1) is 0 Å². The molecular formula is C20H32N2O3. The van der Waals surface area contributed by atoms with E-state index in [1.807, 2.05) is 43.0 Å². The van der Waals surface area contributed by atoms with Crippen LogP contribution in [0.4, 0.5) is 5.69 Å². The molecule has 140 valence electrons. The Kier molecular flexibility index (Phi) is 9.66. The number of hydrogen-bond donors (Lipinski definition) is 1. The van der Waals surface area contributed by atoms with Gasteiger partial charge < -0.3 is 15.0 Å². The van der Waals surface area contributed by atoms with Crippen LogP contribution in [0, 0.1) is 0 Å². The molecule has 0 fully saturated rings. The highest BCUT2D eigenvalue weighted by Gasteiger charge is 2.12.